The first kappa shape index (κ1) is 17.2. The van der Waals surface area contributed by atoms with Crippen molar-refractivity contribution in [1.82, 2.24) is 24.6 Å². The number of hydrogen-bond acceptors (Lipinski definition) is 4. The molecule has 0 aliphatic carbocycles. The Morgan fingerprint density at radius 3 is 2.96 bits per heavy atom. The van der Waals surface area contributed by atoms with Crippen LogP contribution in [0.25, 0.3) is 11.3 Å². The predicted molar refractivity (Wildman–Crippen MR) is 103 cm³/mol. The van der Waals surface area contributed by atoms with Gasteiger partial charge in [-0.15, -0.1) is 0 Å². The van der Waals surface area contributed by atoms with Crippen molar-refractivity contribution in [2.75, 3.05) is 13.1 Å². The Morgan fingerprint density at radius 2 is 2.15 bits per heavy atom. The van der Waals surface area contributed by atoms with Crippen LogP contribution in [0.1, 0.15) is 30.0 Å². The fraction of sp³-hybridized carbons (Fsp3) is 0.350. The van der Waals surface area contributed by atoms with Crippen LogP contribution in [0.3, 0.4) is 0 Å². The summed E-state index contributed by atoms with van der Waals surface area (Å²) in [6.45, 7) is 3.06. The number of benzene rings is 1. The van der Waals surface area contributed by atoms with E-state index in [1.54, 1.807) is 0 Å². The Balaban J connectivity index is 1.50. The number of hydrogen-bond donors (Lipinski definition) is 0. The lowest BCUT2D eigenvalue weighted by Crippen LogP contribution is -2.34. The Labute approximate surface area is 158 Å². The number of rotatable bonds is 4. The Morgan fingerprint density at radius 1 is 1.23 bits per heavy atom. The van der Waals surface area contributed by atoms with E-state index in [4.69, 9.17) is 16.6 Å². The second kappa shape index (κ2) is 7.56. The third kappa shape index (κ3) is 3.94. The smallest absolute Gasteiger partial charge is 0.0889 e. The Hall–Kier alpha value is -2.24. The molecule has 4 rings (SSSR count). The lowest BCUT2D eigenvalue weighted by Gasteiger charge is -2.32. The first-order valence-electron chi connectivity index (χ1n) is 8.95. The molecule has 26 heavy (non-hydrogen) atoms. The summed E-state index contributed by atoms with van der Waals surface area (Å²) in [6, 6.07) is 7.78. The maximum Gasteiger partial charge on any atom is 0.0889 e. The third-order valence-corrected chi connectivity index (χ3v) is 5.10. The van der Waals surface area contributed by atoms with Crippen LogP contribution in [0.2, 0.25) is 5.02 Å². The van der Waals surface area contributed by atoms with Crippen molar-refractivity contribution < 1.29 is 0 Å². The zero-order valence-electron chi connectivity index (χ0n) is 14.8. The SMILES string of the molecule is Cn1cc(CN2CCC[C@H](c3cncc(-c4cccc(Cl)c4)n3)C2)cn1. The molecular weight excluding hydrogens is 346 g/mol. The van der Waals surface area contributed by atoms with Gasteiger partial charge in [-0.2, -0.15) is 5.10 Å². The van der Waals surface area contributed by atoms with Gasteiger partial charge in [0.25, 0.3) is 0 Å². The second-order valence-corrected chi connectivity index (χ2v) is 7.37. The molecule has 1 saturated heterocycles. The maximum absolute atomic E-state index is 6.12. The average molecular weight is 368 g/mol. The summed E-state index contributed by atoms with van der Waals surface area (Å²) in [6.07, 6.45) is 10.1. The minimum Gasteiger partial charge on any atom is -0.298 e. The fourth-order valence-corrected chi connectivity index (χ4v) is 3.81. The van der Waals surface area contributed by atoms with E-state index in [0.29, 0.717) is 5.92 Å². The molecule has 134 valence electrons. The number of halogens is 1. The van der Waals surface area contributed by atoms with Gasteiger partial charge >= 0.3 is 0 Å². The average Bonchev–Trinajstić information content (AvgIpc) is 3.07. The number of aromatic nitrogens is 4. The molecule has 0 saturated carbocycles. The molecule has 3 heterocycles. The number of likely N-dealkylation sites (tertiary alicyclic amines) is 1. The molecule has 1 atom stereocenters. The molecule has 1 fully saturated rings. The van der Waals surface area contributed by atoms with Gasteiger partial charge in [0.2, 0.25) is 0 Å². The summed E-state index contributed by atoms with van der Waals surface area (Å²) in [5, 5.41) is 4.99. The summed E-state index contributed by atoms with van der Waals surface area (Å²) in [5.74, 6) is 0.409. The van der Waals surface area contributed by atoms with Crippen LogP contribution >= 0.6 is 11.6 Å². The lowest BCUT2D eigenvalue weighted by atomic mass is 9.94. The van der Waals surface area contributed by atoms with E-state index in [1.807, 2.05) is 54.6 Å². The Bertz CT molecular complexity index is 891. The van der Waals surface area contributed by atoms with Crippen molar-refractivity contribution in [3.63, 3.8) is 0 Å². The van der Waals surface area contributed by atoms with Gasteiger partial charge in [-0.25, -0.2) is 4.98 Å². The topological polar surface area (TPSA) is 46.8 Å². The fourth-order valence-electron chi connectivity index (χ4n) is 3.62. The highest BCUT2D eigenvalue weighted by Gasteiger charge is 2.23. The predicted octanol–water partition coefficient (Wildman–Crippen LogP) is 3.91. The van der Waals surface area contributed by atoms with Crippen LogP contribution in [0.5, 0.6) is 0 Å². The van der Waals surface area contributed by atoms with Crippen LogP contribution in [-0.4, -0.2) is 37.7 Å². The molecule has 0 N–H and O–H groups in total. The minimum atomic E-state index is 0.409. The minimum absolute atomic E-state index is 0.409. The van der Waals surface area contributed by atoms with Gasteiger partial charge in [0.15, 0.2) is 0 Å². The van der Waals surface area contributed by atoms with Gasteiger partial charge in [0.1, 0.15) is 0 Å². The van der Waals surface area contributed by atoms with Crippen molar-refractivity contribution in [3.05, 3.63) is 65.3 Å². The molecule has 0 bridgehead atoms. The summed E-state index contributed by atoms with van der Waals surface area (Å²) < 4.78 is 1.86. The van der Waals surface area contributed by atoms with Crippen molar-refractivity contribution in [1.29, 1.82) is 0 Å². The van der Waals surface area contributed by atoms with E-state index in [9.17, 15) is 0 Å². The molecule has 2 aromatic heterocycles. The van der Waals surface area contributed by atoms with Crippen molar-refractivity contribution in [2.24, 2.45) is 7.05 Å². The van der Waals surface area contributed by atoms with Crippen molar-refractivity contribution in [2.45, 2.75) is 25.3 Å². The van der Waals surface area contributed by atoms with Crippen molar-refractivity contribution in [3.8, 4) is 11.3 Å². The molecule has 1 aliphatic heterocycles. The first-order chi connectivity index (χ1) is 12.7. The maximum atomic E-state index is 6.12. The molecule has 0 spiro atoms. The molecule has 3 aromatic rings. The second-order valence-electron chi connectivity index (χ2n) is 6.94. The molecule has 1 aromatic carbocycles. The van der Waals surface area contributed by atoms with Gasteiger partial charge in [-0.05, 0) is 31.5 Å². The lowest BCUT2D eigenvalue weighted by molar-refractivity contribution is 0.198. The van der Waals surface area contributed by atoms with Crippen molar-refractivity contribution >= 4 is 11.6 Å². The highest BCUT2D eigenvalue weighted by Crippen LogP contribution is 2.28. The molecule has 0 amide bonds. The van der Waals surface area contributed by atoms with Gasteiger partial charge in [-0.3, -0.25) is 14.6 Å². The first-order valence-corrected chi connectivity index (χ1v) is 9.33. The standard InChI is InChI=1S/C20H22ClN5/c1-25-12-15(9-23-25)13-26-7-3-5-17(14-26)20-11-22-10-19(24-20)16-4-2-6-18(21)8-16/h2,4,6,8-12,17H,3,5,7,13-14H2,1H3/t17-/m0/s1. The van der Waals surface area contributed by atoms with Crippen LogP contribution in [0.15, 0.2) is 49.1 Å². The monoisotopic (exact) mass is 367 g/mol. The van der Waals surface area contributed by atoms with E-state index in [0.717, 1.165) is 48.0 Å². The normalized spacial score (nSPS) is 18.2. The zero-order chi connectivity index (χ0) is 17.9. The highest BCUT2D eigenvalue weighted by atomic mass is 35.5. The molecule has 6 heteroatoms. The summed E-state index contributed by atoms with van der Waals surface area (Å²) in [5.41, 5.74) is 4.22. The van der Waals surface area contributed by atoms with Crippen LogP contribution in [0, 0.1) is 0 Å². The van der Waals surface area contributed by atoms with E-state index in [-0.39, 0.29) is 0 Å². The number of nitrogens with zero attached hydrogens (tertiary/aromatic N) is 5. The highest BCUT2D eigenvalue weighted by molar-refractivity contribution is 6.30. The summed E-state index contributed by atoms with van der Waals surface area (Å²) in [7, 11) is 1.96. The van der Waals surface area contributed by atoms with Crippen LogP contribution in [0.4, 0.5) is 0 Å². The van der Waals surface area contributed by atoms with E-state index >= 15 is 0 Å². The van der Waals surface area contributed by atoms with Crippen LogP contribution in [-0.2, 0) is 13.6 Å². The summed E-state index contributed by atoms with van der Waals surface area (Å²) >= 11 is 6.12. The molecule has 1 aliphatic rings. The quantitative estimate of drug-likeness (QED) is 0.701. The van der Waals surface area contributed by atoms with Gasteiger partial charge < -0.3 is 0 Å². The van der Waals surface area contributed by atoms with E-state index in [2.05, 4.69) is 21.2 Å². The largest absolute Gasteiger partial charge is 0.298 e. The van der Waals surface area contributed by atoms with Gasteiger partial charge in [0.05, 0.1) is 23.8 Å². The molecule has 0 unspecified atom stereocenters. The van der Waals surface area contributed by atoms with Crippen LogP contribution < -0.4 is 0 Å². The Kier molecular flexibility index (Phi) is 5.00. The third-order valence-electron chi connectivity index (χ3n) is 4.86. The number of aryl methyl sites for hydroxylation is 1. The van der Waals surface area contributed by atoms with Gasteiger partial charge in [0, 0.05) is 54.6 Å². The number of piperidine rings is 1. The molecule has 5 nitrogen and oxygen atoms in total. The summed E-state index contributed by atoms with van der Waals surface area (Å²) in [4.78, 5) is 11.8. The molecular formula is C20H22ClN5. The molecule has 0 radical (unpaired) electrons. The van der Waals surface area contributed by atoms with E-state index in [1.165, 1.54) is 12.0 Å². The zero-order valence-corrected chi connectivity index (χ0v) is 15.6. The van der Waals surface area contributed by atoms with Gasteiger partial charge in [-0.1, -0.05) is 23.7 Å². The van der Waals surface area contributed by atoms with E-state index < -0.39 is 0 Å².